The molecule has 3 atom stereocenters. The van der Waals surface area contributed by atoms with Crippen molar-refractivity contribution in [1.82, 2.24) is 15.5 Å². The van der Waals surface area contributed by atoms with Crippen LogP contribution < -0.4 is 20.9 Å². The molecular formula is C28H44N6O2. The van der Waals surface area contributed by atoms with E-state index in [1.54, 1.807) is 7.05 Å². The van der Waals surface area contributed by atoms with Crippen LogP contribution in [-0.2, 0) is 4.79 Å². The highest BCUT2D eigenvalue weighted by Crippen LogP contribution is 2.38. The first-order valence-corrected chi connectivity index (χ1v) is 13.8. The highest BCUT2D eigenvalue weighted by Gasteiger charge is 2.49. The zero-order chi connectivity index (χ0) is 25.7. The Morgan fingerprint density at radius 2 is 1.78 bits per heavy atom. The van der Waals surface area contributed by atoms with Crippen molar-refractivity contribution < 1.29 is 9.59 Å². The molecule has 198 valence electrons. The van der Waals surface area contributed by atoms with Gasteiger partial charge in [0.05, 0.1) is 0 Å². The van der Waals surface area contributed by atoms with Gasteiger partial charge in [0.2, 0.25) is 0 Å². The number of guanidine groups is 1. The van der Waals surface area contributed by atoms with Gasteiger partial charge in [-0.25, -0.2) is 4.79 Å². The van der Waals surface area contributed by atoms with Crippen LogP contribution in [-0.4, -0.2) is 55.5 Å². The Morgan fingerprint density at radius 1 is 1.08 bits per heavy atom. The molecule has 2 saturated carbocycles. The molecule has 3 amide bonds. The van der Waals surface area contributed by atoms with E-state index in [2.05, 4.69) is 16.0 Å². The number of nitrogens with one attached hydrogen (secondary N) is 4. The van der Waals surface area contributed by atoms with E-state index in [1.807, 2.05) is 43.3 Å². The number of anilines is 2. The van der Waals surface area contributed by atoms with Gasteiger partial charge in [-0.15, -0.1) is 0 Å². The van der Waals surface area contributed by atoms with Crippen LogP contribution in [0.4, 0.5) is 16.2 Å². The Kier molecular flexibility index (Phi) is 8.42. The molecule has 3 aliphatic rings. The molecule has 1 heterocycles. The molecule has 0 aromatic heterocycles. The second kappa shape index (κ2) is 11.5. The van der Waals surface area contributed by atoms with Crippen LogP contribution in [0, 0.1) is 17.2 Å². The molecule has 1 aromatic carbocycles. The Balaban J connectivity index is 1.34. The zero-order valence-corrected chi connectivity index (χ0v) is 22.2. The number of nitrogens with zero attached hydrogens (tertiary/aromatic N) is 2. The second-order valence-electron chi connectivity index (χ2n) is 11.4. The fourth-order valence-electron chi connectivity index (χ4n) is 6.42. The first-order valence-electron chi connectivity index (χ1n) is 13.8. The number of carbonyl (C=O) groups excluding carboxylic acids is 2. The number of hydrogen-bond acceptors (Lipinski definition) is 4. The maximum absolute atomic E-state index is 13.4. The summed E-state index contributed by atoms with van der Waals surface area (Å²) in [6, 6.07) is 7.71. The van der Waals surface area contributed by atoms with Crippen LogP contribution in [0.1, 0.15) is 77.0 Å². The molecule has 36 heavy (non-hydrogen) atoms. The van der Waals surface area contributed by atoms with Crippen LogP contribution in [0.5, 0.6) is 0 Å². The molecule has 0 bridgehead atoms. The maximum atomic E-state index is 13.4. The van der Waals surface area contributed by atoms with Gasteiger partial charge in [0.25, 0.3) is 5.91 Å². The van der Waals surface area contributed by atoms with Gasteiger partial charge >= 0.3 is 6.03 Å². The van der Waals surface area contributed by atoms with Crippen molar-refractivity contribution in [2.75, 3.05) is 31.4 Å². The molecule has 1 unspecified atom stereocenters. The number of carbonyl (C=O) groups is 2. The Hall–Kier alpha value is -2.77. The van der Waals surface area contributed by atoms with Crippen molar-refractivity contribution >= 4 is 29.3 Å². The molecule has 1 aromatic rings. The fourth-order valence-corrected chi connectivity index (χ4v) is 6.42. The van der Waals surface area contributed by atoms with Crippen molar-refractivity contribution in [3.8, 4) is 0 Å². The normalized spacial score (nSPS) is 27.0. The quantitative estimate of drug-likeness (QED) is 0.410. The predicted molar refractivity (Wildman–Crippen MR) is 145 cm³/mol. The lowest BCUT2D eigenvalue weighted by Crippen LogP contribution is -2.50. The van der Waals surface area contributed by atoms with Crippen molar-refractivity contribution in [1.29, 1.82) is 5.41 Å². The van der Waals surface area contributed by atoms with E-state index in [4.69, 9.17) is 5.41 Å². The van der Waals surface area contributed by atoms with E-state index >= 15 is 0 Å². The van der Waals surface area contributed by atoms with Gasteiger partial charge in [0.1, 0.15) is 5.54 Å². The summed E-state index contributed by atoms with van der Waals surface area (Å²) in [5.41, 5.74) is 1.18. The topological polar surface area (TPSA) is 101 Å². The lowest BCUT2D eigenvalue weighted by Gasteiger charge is -2.36. The number of urea groups is 1. The van der Waals surface area contributed by atoms with E-state index in [9.17, 15) is 9.59 Å². The van der Waals surface area contributed by atoms with E-state index in [-0.39, 0.29) is 23.9 Å². The van der Waals surface area contributed by atoms with Crippen molar-refractivity contribution in [3.63, 3.8) is 0 Å². The average molecular weight is 497 g/mol. The van der Waals surface area contributed by atoms with Gasteiger partial charge in [-0.3, -0.25) is 15.1 Å². The van der Waals surface area contributed by atoms with Crippen LogP contribution >= 0.6 is 0 Å². The summed E-state index contributed by atoms with van der Waals surface area (Å²) < 4.78 is 0. The summed E-state index contributed by atoms with van der Waals surface area (Å²) in [6.45, 7) is 0. The molecule has 1 aliphatic heterocycles. The molecule has 2 aliphatic carbocycles. The number of rotatable bonds is 8. The van der Waals surface area contributed by atoms with Gasteiger partial charge in [0, 0.05) is 38.6 Å². The van der Waals surface area contributed by atoms with E-state index < -0.39 is 5.54 Å². The van der Waals surface area contributed by atoms with Gasteiger partial charge in [-0.05, 0) is 68.2 Å². The third-order valence-corrected chi connectivity index (χ3v) is 8.51. The monoisotopic (exact) mass is 496 g/mol. The highest BCUT2D eigenvalue weighted by atomic mass is 16.2. The second-order valence-corrected chi connectivity index (χ2v) is 11.4. The summed E-state index contributed by atoms with van der Waals surface area (Å²) in [4.78, 5) is 29.6. The Labute approximate surface area is 216 Å². The minimum atomic E-state index is -0.674. The van der Waals surface area contributed by atoms with Crippen LogP contribution in [0.15, 0.2) is 24.3 Å². The van der Waals surface area contributed by atoms with Crippen LogP contribution in [0.25, 0.3) is 0 Å². The van der Waals surface area contributed by atoms with Gasteiger partial charge < -0.3 is 20.9 Å². The molecule has 8 nitrogen and oxygen atoms in total. The smallest absolute Gasteiger partial charge is 0.319 e. The molecule has 1 saturated heterocycles. The molecular weight excluding hydrogens is 452 g/mol. The number of amides is 3. The molecule has 0 radical (unpaired) electrons. The third kappa shape index (κ3) is 6.31. The van der Waals surface area contributed by atoms with Gasteiger partial charge in [0.15, 0.2) is 5.96 Å². The SMILES string of the molecule is CN1C(=N)N[C@](CCC2CCCCC2)(C[C@H]2CCCC(NC(=O)Nc3ccc(N(C)C)cc3)C2)C1=O. The summed E-state index contributed by atoms with van der Waals surface area (Å²) in [6.07, 6.45) is 12.9. The number of benzene rings is 1. The Morgan fingerprint density at radius 3 is 2.42 bits per heavy atom. The van der Waals surface area contributed by atoms with Crippen molar-refractivity contribution in [2.45, 2.75) is 88.6 Å². The van der Waals surface area contributed by atoms with Crippen molar-refractivity contribution in [2.24, 2.45) is 11.8 Å². The minimum Gasteiger partial charge on any atom is -0.378 e. The van der Waals surface area contributed by atoms with Crippen molar-refractivity contribution in [3.05, 3.63) is 24.3 Å². The van der Waals surface area contributed by atoms with Gasteiger partial charge in [-0.1, -0.05) is 44.9 Å². The highest BCUT2D eigenvalue weighted by molar-refractivity contribution is 6.07. The first kappa shape index (κ1) is 26.3. The standard InChI is InChI=1S/C28H44N6O2/c1-33(2)24-14-12-22(13-15-24)30-27(36)31-23-11-7-10-21(18-23)19-28(25(35)34(3)26(29)32-28)17-16-20-8-5-4-6-9-20/h12-15,20-21,23H,4-11,16-19H2,1-3H3,(H2,29,32)(H2,30,31,36)/t21-,23?,28+/m0/s1. The van der Waals surface area contributed by atoms with Crippen LogP contribution in [0.2, 0.25) is 0 Å². The fraction of sp³-hybridized carbons (Fsp3) is 0.679. The summed E-state index contributed by atoms with van der Waals surface area (Å²) in [5, 5.41) is 17.7. The largest absolute Gasteiger partial charge is 0.378 e. The zero-order valence-electron chi connectivity index (χ0n) is 22.2. The average Bonchev–Trinajstić information content (AvgIpc) is 3.07. The first-order chi connectivity index (χ1) is 17.3. The Bertz CT molecular complexity index is 926. The van der Waals surface area contributed by atoms with Crippen LogP contribution in [0.3, 0.4) is 0 Å². The molecule has 0 spiro atoms. The minimum absolute atomic E-state index is 0.0392. The lowest BCUT2D eigenvalue weighted by molar-refractivity contribution is -0.131. The molecule has 4 rings (SSSR count). The van der Waals surface area contributed by atoms with Gasteiger partial charge in [-0.2, -0.15) is 0 Å². The predicted octanol–water partition coefficient (Wildman–Crippen LogP) is 4.92. The number of hydrogen-bond donors (Lipinski definition) is 4. The molecule has 4 N–H and O–H groups in total. The summed E-state index contributed by atoms with van der Waals surface area (Å²) in [5.74, 6) is 1.29. The summed E-state index contributed by atoms with van der Waals surface area (Å²) >= 11 is 0. The van der Waals surface area contributed by atoms with E-state index in [0.717, 1.165) is 56.3 Å². The van der Waals surface area contributed by atoms with E-state index in [0.29, 0.717) is 11.8 Å². The third-order valence-electron chi connectivity index (χ3n) is 8.51. The molecule has 8 heteroatoms. The lowest BCUT2D eigenvalue weighted by atomic mass is 9.74. The summed E-state index contributed by atoms with van der Waals surface area (Å²) in [7, 11) is 5.69. The number of likely N-dealkylation sites (N-methyl/N-ethyl adjacent to an activating group) is 1. The molecule has 3 fully saturated rings. The maximum Gasteiger partial charge on any atom is 0.319 e. The van der Waals surface area contributed by atoms with E-state index in [1.165, 1.54) is 37.0 Å².